The molecule has 17 heavy (non-hydrogen) atoms. The number of anilines is 1. The third-order valence-corrected chi connectivity index (χ3v) is 2.64. The average molecular weight is 239 g/mol. The van der Waals surface area contributed by atoms with Crippen LogP contribution in [0.25, 0.3) is 0 Å². The molecule has 0 spiro atoms. The van der Waals surface area contributed by atoms with Crippen LogP contribution in [0.2, 0.25) is 0 Å². The first-order valence-corrected chi connectivity index (χ1v) is 5.65. The van der Waals surface area contributed by atoms with Gasteiger partial charge in [-0.15, -0.1) is 0 Å². The molecule has 0 unspecified atom stereocenters. The summed E-state index contributed by atoms with van der Waals surface area (Å²) < 4.78 is 13.0. The number of carbonyl (C=O) groups is 1. The van der Waals surface area contributed by atoms with Gasteiger partial charge in [0, 0.05) is 13.6 Å². The highest BCUT2D eigenvalue weighted by atomic mass is 19.1. The van der Waals surface area contributed by atoms with Crippen LogP contribution in [0.1, 0.15) is 30.6 Å². The van der Waals surface area contributed by atoms with E-state index in [-0.39, 0.29) is 5.56 Å². The molecule has 0 fully saturated rings. The van der Waals surface area contributed by atoms with Crippen LogP contribution in [0, 0.1) is 11.7 Å². The van der Waals surface area contributed by atoms with Gasteiger partial charge in [0.05, 0.1) is 11.3 Å². The van der Waals surface area contributed by atoms with E-state index in [1.165, 1.54) is 12.1 Å². The lowest BCUT2D eigenvalue weighted by Crippen LogP contribution is -2.22. The van der Waals surface area contributed by atoms with Crippen molar-refractivity contribution in [2.24, 2.45) is 5.92 Å². The van der Waals surface area contributed by atoms with Crippen LogP contribution in [0.15, 0.2) is 18.2 Å². The standard InChI is InChI=1S/C13H18FNO2/c1-9(2)6-7-15(3)12-5-4-10(14)8-11(12)13(16)17/h4-5,8-9H,6-7H2,1-3H3,(H,16,17). The molecule has 0 saturated carbocycles. The molecule has 0 atom stereocenters. The van der Waals surface area contributed by atoms with Crippen molar-refractivity contribution in [3.05, 3.63) is 29.6 Å². The molecular formula is C13H18FNO2. The zero-order chi connectivity index (χ0) is 13.0. The monoisotopic (exact) mass is 239 g/mol. The molecule has 0 aliphatic rings. The number of nitrogens with zero attached hydrogens (tertiary/aromatic N) is 1. The van der Waals surface area contributed by atoms with Gasteiger partial charge in [-0.1, -0.05) is 13.8 Å². The van der Waals surface area contributed by atoms with Gasteiger partial charge in [-0.05, 0) is 30.5 Å². The Morgan fingerprint density at radius 3 is 2.65 bits per heavy atom. The van der Waals surface area contributed by atoms with E-state index in [9.17, 15) is 9.18 Å². The first-order valence-electron chi connectivity index (χ1n) is 5.65. The molecule has 94 valence electrons. The van der Waals surface area contributed by atoms with Gasteiger partial charge in [0.2, 0.25) is 0 Å². The van der Waals surface area contributed by atoms with Crippen LogP contribution in [0.3, 0.4) is 0 Å². The zero-order valence-corrected chi connectivity index (χ0v) is 10.4. The molecule has 0 aromatic heterocycles. The minimum atomic E-state index is -1.10. The highest BCUT2D eigenvalue weighted by Gasteiger charge is 2.14. The van der Waals surface area contributed by atoms with Crippen molar-refractivity contribution < 1.29 is 14.3 Å². The van der Waals surface area contributed by atoms with Crippen molar-refractivity contribution in [2.75, 3.05) is 18.5 Å². The summed E-state index contributed by atoms with van der Waals surface area (Å²) in [6.07, 6.45) is 0.965. The van der Waals surface area contributed by atoms with E-state index in [2.05, 4.69) is 13.8 Å². The number of hydrogen-bond donors (Lipinski definition) is 1. The Hall–Kier alpha value is -1.58. The Balaban J connectivity index is 2.92. The Labute approximate surface area is 101 Å². The van der Waals surface area contributed by atoms with E-state index < -0.39 is 11.8 Å². The number of halogens is 1. The summed E-state index contributed by atoms with van der Waals surface area (Å²) in [4.78, 5) is 12.9. The molecule has 0 aliphatic heterocycles. The molecular weight excluding hydrogens is 221 g/mol. The fraction of sp³-hybridized carbons (Fsp3) is 0.462. The molecule has 0 bridgehead atoms. The van der Waals surface area contributed by atoms with Gasteiger partial charge >= 0.3 is 5.97 Å². The molecule has 0 heterocycles. The lowest BCUT2D eigenvalue weighted by atomic mass is 10.1. The average Bonchev–Trinajstić information content (AvgIpc) is 2.25. The normalized spacial score (nSPS) is 10.6. The van der Waals surface area contributed by atoms with Crippen molar-refractivity contribution >= 4 is 11.7 Å². The molecule has 0 aliphatic carbocycles. The number of rotatable bonds is 5. The predicted octanol–water partition coefficient (Wildman–Crippen LogP) is 3.01. The fourth-order valence-electron chi connectivity index (χ4n) is 1.58. The van der Waals surface area contributed by atoms with Gasteiger partial charge < -0.3 is 10.0 Å². The second-order valence-corrected chi connectivity index (χ2v) is 4.57. The van der Waals surface area contributed by atoms with Crippen LogP contribution in [0.5, 0.6) is 0 Å². The van der Waals surface area contributed by atoms with Crippen molar-refractivity contribution in [3.8, 4) is 0 Å². The molecule has 0 amide bonds. The van der Waals surface area contributed by atoms with Crippen LogP contribution >= 0.6 is 0 Å². The highest BCUT2D eigenvalue weighted by Crippen LogP contribution is 2.21. The minimum Gasteiger partial charge on any atom is -0.478 e. The maximum Gasteiger partial charge on any atom is 0.337 e. The first kappa shape index (κ1) is 13.5. The van der Waals surface area contributed by atoms with E-state index >= 15 is 0 Å². The van der Waals surface area contributed by atoms with Gasteiger partial charge in [0.15, 0.2) is 0 Å². The van der Waals surface area contributed by atoms with E-state index in [4.69, 9.17) is 5.11 Å². The lowest BCUT2D eigenvalue weighted by Gasteiger charge is -2.22. The second kappa shape index (κ2) is 5.66. The number of hydrogen-bond acceptors (Lipinski definition) is 2. The van der Waals surface area contributed by atoms with E-state index in [1.54, 1.807) is 0 Å². The van der Waals surface area contributed by atoms with Crippen molar-refractivity contribution in [3.63, 3.8) is 0 Å². The van der Waals surface area contributed by atoms with Crippen LogP contribution in [0.4, 0.5) is 10.1 Å². The fourth-order valence-corrected chi connectivity index (χ4v) is 1.58. The number of carboxylic acid groups (broad SMARTS) is 1. The molecule has 1 N–H and O–H groups in total. The molecule has 3 nitrogen and oxygen atoms in total. The maximum atomic E-state index is 13.0. The molecule has 4 heteroatoms. The van der Waals surface area contributed by atoms with Gasteiger partial charge in [0.1, 0.15) is 5.82 Å². The molecule has 1 aromatic rings. The third kappa shape index (κ3) is 3.73. The molecule has 1 rings (SSSR count). The number of carboxylic acids is 1. The summed E-state index contributed by atoms with van der Waals surface area (Å²) in [5.74, 6) is -1.08. The summed E-state index contributed by atoms with van der Waals surface area (Å²) in [5.41, 5.74) is 0.566. The molecule has 1 aromatic carbocycles. The summed E-state index contributed by atoms with van der Waals surface area (Å²) in [7, 11) is 1.82. The van der Waals surface area contributed by atoms with Gasteiger partial charge in [0.25, 0.3) is 0 Å². The summed E-state index contributed by atoms with van der Waals surface area (Å²) in [6, 6.07) is 3.86. The minimum absolute atomic E-state index is 0.0104. The Morgan fingerprint density at radius 2 is 2.12 bits per heavy atom. The van der Waals surface area contributed by atoms with Crippen molar-refractivity contribution in [1.82, 2.24) is 0 Å². The van der Waals surface area contributed by atoms with Crippen LogP contribution in [-0.4, -0.2) is 24.7 Å². The number of aromatic carboxylic acids is 1. The highest BCUT2D eigenvalue weighted by molar-refractivity contribution is 5.94. The SMILES string of the molecule is CC(C)CCN(C)c1ccc(F)cc1C(=O)O. The van der Waals surface area contributed by atoms with Crippen LogP contribution < -0.4 is 4.90 Å². The zero-order valence-electron chi connectivity index (χ0n) is 10.4. The van der Waals surface area contributed by atoms with Crippen molar-refractivity contribution in [1.29, 1.82) is 0 Å². The van der Waals surface area contributed by atoms with E-state index in [0.29, 0.717) is 11.6 Å². The summed E-state index contributed by atoms with van der Waals surface area (Å²) in [6.45, 7) is 4.97. The van der Waals surface area contributed by atoms with Crippen molar-refractivity contribution in [2.45, 2.75) is 20.3 Å². The van der Waals surface area contributed by atoms with Crippen LogP contribution in [-0.2, 0) is 0 Å². The molecule has 0 radical (unpaired) electrons. The lowest BCUT2D eigenvalue weighted by molar-refractivity contribution is 0.0697. The third-order valence-electron chi connectivity index (χ3n) is 2.64. The first-order chi connectivity index (χ1) is 7.91. The van der Waals surface area contributed by atoms with Gasteiger partial charge in [-0.25, -0.2) is 9.18 Å². The Kier molecular flexibility index (Phi) is 4.49. The Bertz CT molecular complexity index is 404. The van der Waals surface area contributed by atoms with E-state index in [0.717, 1.165) is 19.0 Å². The summed E-state index contributed by atoms with van der Waals surface area (Å²) >= 11 is 0. The topological polar surface area (TPSA) is 40.5 Å². The largest absolute Gasteiger partial charge is 0.478 e. The second-order valence-electron chi connectivity index (χ2n) is 4.57. The van der Waals surface area contributed by atoms with Gasteiger partial charge in [-0.3, -0.25) is 0 Å². The van der Waals surface area contributed by atoms with Gasteiger partial charge in [-0.2, -0.15) is 0 Å². The maximum absolute atomic E-state index is 13.0. The molecule has 0 saturated heterocycles. The Morgan fingerprint density at radius 1 is 1.47 bits per heavy atom. The summed E-state index contributed by atoms with van der Waals surface area (Å²) in [5, 5.41) is 9.02. The quantitative estimate of drug-likeness (QED) is 0.858. The van der Waals surface area contributed by atoms with E-state index in [1.807, 2.05) is 11.9 Å². The predicted molar refractivity (Wildman–Crippen MR) is 66.1 cm³/mol. The number of benzene rings is 1. The smallest absolute Gasteiger partial charge is 0.337 e.